The number of rotatable bonds is 9. The van der Waals surface area contributed by atoms with E-state index in [1.165, 1.54) is 108 Å². The topological polar surface area (TPSA) is 0 Å². The van der Waals surface area contributed by atoms with Crippen molar-refractivity contribution in [3.63, 3.8) is 0 Å². The van der Waals surface area contributed by atoms with Crippen LogP contribution in [0.15, 0.2) is 72.8 Å². The summed E-state index contributed by atoms with van der Waals surface area (Å²) in [5, 5.41) is 5.58. The van der Waals surface area contributed by atoms with Gasteiger partial charge in [0.2, 0.25) is 0 Å². The maximum atomic E-state index is 2.45. The molecule has 0 N–H and O–H groups in total. The Morgan fingerprint density at radius 3 is 2.03 bits per heavy atom. The largest absolute Gasteiger partial charge is 0.134 e. The van der Waals surface area contributed by atoms with E-state index in [1.54, 1.807) is 0 Å². The zero-order valence-corrected chi connectivity index (χ0v) is 23.0. The summed E-state index contributed by atoms with van der Waals surface area (Å²) in [6.07, 6.45) is 10.4. The zero-order chi connectivity index (χ0) is 24.5. The van der Waals surface area contributed by atoms with E-state index in [4.69, 9.17) is 0 Å². The van der Waals surface area contributed by atoms with Crippen molar-refractivity contribution in [3.05, 3.63) is 83.9 Å². The van der Waals surface area contributed by atoms with Crippen LogP contribution in [0.1, 0.15) is 63.5 Å². The average molecular weight is 507 g/mol. The van der Waals surface area contributed by atoms with Gasteiger partial charge in [0.1, 0.15) is 0 Å². The van der Waals surface area contributed by atoms with Gasteiger partial charge in [-0.1, -0.05) is 94.5 Å². The van der Waals surface area contributed by atoms with Gasteiger partial charge in [-0.25, -0.2) is 0 Å². The van der Waals surface area contributed by atoms with Gasteiger partial charge < -0.3 is 0 Å². The lowest BCUT2D eigenvalue weighted by molar-refractivity contribution is 0.607. The van der Waals surface area contributed by atoms with Gasteiger partial charge in [-0.3, -0.25) is 0 Å². The lowest BCUT2D eigenvalue weighted by Crippen LogP contribution is -1.87. The smallest absolute Gasteiger partial charge is 0.0542 e. The molecule has 0 saturated carbocycles. The van der Waals surface area contributed by atoms with Crippen molar-refractivity contribution in [2.75, 3.05) is 0 Å². The molecule has 182 valence electrons. The molecule has 0 atom stereocenters. The number of hydrogen-bond acceptors (Lipinski definition) is 2. The molecule has 36 heavy (non-hydrogen) atoms. The summed E-state index contributed by atoms with van der Waals surface area (Å²) in [6, 6.07) is 28.1. The normalized spacial score (nSPS) is 11.9. The Kier molecular flexibility index (Phi) is 6.82. The van der Waals surface area contributed by atoms with E-state index in [1.807, 2.05) is 22.7 Å². The van der Waals surface area contributed by atoms with Crippen LogP contribution in [0.2, 0.25) is 0 Å². The molecule has 0 nitrogen and oxygen atoms in total. The number of fused-ring (bicyclic) bond motifs is 6. The molecule has 6 rings (SSSR count). The maximum Gasteiger partial charge on any atom is 0.0542 e. The zero-order valence-electron chi connectivity index (χ0n) is 21.4. The molecule has 0 saturated heterocycles. The van der Waals surface area contributed by atoms with Crippen molar-refractivity contribution in [2.45, 2.75) is 65.2 Å². The second kappa shape index (κ2) is 10.4. The summed E-state index contributed by atoms with van der Waals surface area (Å²) in [5.74, 6) is 0. The first-order chi connectivity index (χ1) is 17.7. The first-order valence-corrected chi connectivity index (χ1v) is 15.3. The van der Waals surface area contributed by atoms with Crippen molar-refractivity contribution in [1.29, 1.82) is 0 Å². The van der Waals surface area contributed by atoms with Crippen molar-refractivity contribution in [3.8, 4) is 11.1 Å². The van der Waals surface area contributed by atoms with Gasteiger partial charge >= 0.3 is 0 Å². The van der Waals surface area contributed by atoms with Crippen LogP contribution in [0.5, 0.6) is 0 Å². The van der Waals surface area contributed by atoms with Gasteiger partial charge in [-0.2, -0.15) is 0 Å². The Morgan fingerprint density at radius 1 is 0.528 bits per heavy atom. The van der Waals surface area contributed by atoms with Crippen LogP contribution in [0, 0.1) is 0 Å². The minimum Gasteiger partial charge on any atom is -0.134 e. The number of unbranched alkanes of at least 4 members (excludes halogenated alkanes) is 5. The molecule has 0 radical (unpaired) electrons. The van der Waals surface area contributed by atoms with Crippen molar-refractivity contribution >= 4 is 63.0 Å². The highest BCUT2D eigenvalue weighted by molar-refractivity contribution is 7.36. The molecular weight excluding hydrogens is 473 g/mol. The van der Waals surface area contributed by atoms with Crippen LogP contribution in [0.25, 0.3) is 51.5 Å². The van der Waals surface area contributed by atoms with Crippen LogP contribution in [-0.4, -0.2) is 0 Å². The van der Waals surface area contributed by atoms with Gasteiger partial charge in [-0.05, 0) is 76.6 Å². The third-order valence-electron chi connectivity index (χ3n) is 7.62. The average Bonchev–Trinajstić information content (AvgIpc) is 3.44. The minimum absolute atomic E-state index is 1.08. The summed E-state index contributed by atoms with van der Waals surface area (Å²) >= 11 is 3.91. The third kappa shape index (κ3) is 4.58. The molecule has 0 fully saturated rings. The van der Waals surface area contributed by atoms with E-state index in [-0.39, 0.29) is 0 Å². The molecule has 0 unspecified atom stereocenters. The Balaban J connectivity index is 1.33. The molecule has 2 heterocycles. The standard InChI is InChI=1S/C34H34S2/c1-3-5-6-7-8-9-10-24-13-16-27-22-32-30(21-28(27)19-24)34-33(36-32)29-20-26(17-18-31(29)35-34)25-14-11-23(4-2)12-15-25/h11-22H,3-10H2,1-2H3. The van der Waals surface area contributed by atoms with E-state index in [0.29, 0.717) is 0 Å². The summed E-state index contributed by atoms with van der Waals surface area (Å²) in [4.78, 5) is 0. The fourth-order valence-corrected chi connectivity index (χ4v) is 8.08. The fourth-order valence-electron chi connectivity index (χ4n) is 5.43. The fraction of sp³-hybridized carbons (Fsp3) is 0.294. The van der Waals surface area contributed by atoms with Crippen molar-refractivity contribution in [2.24, 2.45) is 0 Å². The van der Waals surface area contributed by atoms with E-state index < -0.39 is 0 Å². The van der Waals surface area contributed by atoms with Crippen molar-refractivity contribution in [1.82, 2.24) is 0 Å². The Hall–Kier alpha value is -2.68. The molecule has 2 heteroatoms. The SMILES string of the molecule is CCCCCCCCc1ccc2cc3sc4c5cc(-c6ccc(CC)cc6)ccc5sc4c3cc2c1. The molecule has 0 aliphatic heterocycles. The van der Waals surface area contributed by atoms with Crippen LogP contribution in [0.3, 0.4) is 0 Å². The molecule has 6 aromatic rings. The number of hydrogen-bond donors (Lipinski definition) is 0. The lowest BCUT2D eigenvalue weighted by Gasteiger charge is -2.05. The molecule has 0 amide bonds. The highest BCUT2D eigenvalue weighted by atomic mass is 32.1. The first-order valence-electron chi connectivity index (χ1n) is 13.6. The summed E-state index contributed by atoms with van der Waals surface area (Å²) in [5.41, 5.74) is 5.49. The Morgan fingerprint density at radius 2 is 1.22 bits per heavy atom. The molecule has 2 aromatic heterocycles. The van der Waals surface area contributed by atoms with E-state index in [2.05, 4.69) is 86.6 Å². The van der Waals surface area contributed by atoms with Crippen molar-refractivity contribution < 1.29 is 0 Å². The Labute approximate surface area is 222 Å². The van der Waals surface area contributed by atoms with Gasteiger partial charge in [0.05, 0.1) is 9.40 Å². The molecule has 0 aliphatic carbocycles. The lowest BCUT2D eigenvalue weighted by atomic mass is 10.0. The first kappa shape index (κ1) is 23.7. The molecule has 0 bridgehead atoms. The monoisotopic (exact) mass is 506 g/mol. The van der Waals surface area contributed by atoms with Crippen LogP contribution >= 0.6 is 22.7 Å². The third-order valence-corrected chi connectivity index (χ3v) is 10.1. The minimum atomic E-state index is 1.08. The second-order valence-corrected chi connectivity index (χ2v) is 12.3. The molecule has 0 aliphatic rings. The number of aryl methyl sites for hydroxylation is 2. The van der Waals surface area contributed by atoms with E-state index in [0.717, 1.165) is 6.42 Å². The van der Waals surface area contributed by atoms with Crippen LogP contribution < -0.4 is 0 Å². The number of thiophene rings is 2. The van der Waals surface area contributed by atoms with E-state index in [9.17, 15) is 0 Å². The van der Waals surface area contributed by atoms with Gasteiger partial charge in [0.15, 0.2) is 0 Å². The molecule has 4 aromatic carbocycles. The Bertz CT molecular complexity index is 1650. The highest BCUT2D eigenvalue weighted by Gasteiger charge is 2.14. The van der Waals surface area contributed by atoms with Gasteiger partial charge in [0.25, 0.3) is 0 Å². The van der Waals surface area contributed by atoms with Crippen LogP contribution in [-0.2, 0) is 12.8 Å². The van der Waals surface area contributed by atoms with E-state index >= 15 is 0 Å². The van der Waals surface area contributed by atoms with Gasteiger partial charge in [-0.15, -0.1) is 22.7 Å². The quantitative estimate of drug-likeness (QED) is 0.171. The number of benzene rings is 4. The van der Waals surface area contributed by atoms with Crippen LogP contribution in [0.4, 0.5) is 0 Å². The second-order valence-electron chi connectivity index (χ2n) is 10.2. The summed E-state index contributed by atoms with van der Waals surface area (Å²) < 4.78 is 5.70. The summed E-state index contributed by atoms with van der Waals surface area (Å²) in [7, 11) is 0. The highest BCUT2D eigenvalue weighted by Crippen LogP contribution is 2.46. The predicted molar refractivity (Wildman–Crippen MR) is 164 cm³/mol. The molecule has 0 spiro atoms. The maximum absolute atomic E-state index is 2.45. The molecular formula is C34H34S2. The summed E-state index contributed by atoms with van der Waals surface area (Å²) in [6.45, 7) is 4.50. The van der Waals surface area contributed by atoms with Gasteiger partial charge in [0, 0.05) is 20.2 Å². The predicted octanol–water partition coefficient (Wildman–Crippen LogP) is 11.6.